The zero-order chi connectivity index (χ0) is 9.68. The summed E-state index contributed by atoms with van der Waals surface area (Å²) in [4.78, 5) is 7.75. The van der Waals surface area contributed by atoms with Gasteiger partial charge in [0, 0.05) is 12.4 Å². The van der Waals surface area contributed by atoms with E-state index < -0.39 is 6.04 Å². The Hall–Kier alpha value is -1.62. The minimum atomic E-state index is -0.418. The van der Waals surface area contributed by atoms with Crippen molar-refractivity contribution in [1.29, 1.82) is 0 Å². The first-order chi connectivity index (χ1) is 6.24. The van der Waals surface area contributed by atoms with E-state index in [1.165, 1.54) is 0 Å². The Labute approximate surface area is 76.1 Å². The fourth-order valence-corrected chi connectivity index (χ4v) is 0.974. The van der Waals surface area contributed by atoms with Crippen LogP contribution in [0.2, 0.25) is 0 Å². The van der Waals surface area contributed by atoms with Crippen molar-refractivity contribution in [2.75, 3.05) is 6.61 Å². The van der Waals surface area contributed by atoms with Gasteiger partial charge in [0.2, 0.25) is 0 Å². The lowest BCUT2D eigenvalue weighted by Crippen LogP contribution is -2.24. The maximum absolute atomic E-state index is 8.98. The topological polar surface area (TPSA) is 97.5 Å². The van der Waals surface area contributed by atoms with Crippen LogP contribution in [0.1, 0.15) is 11.6 Å². The summed E-state index contributed by atoms with van der Waals surface area (Å²) in [5.74, 6) is -0.0390. The lowest BCUT2D eigenvalue weighted by atomic mass is 10.1. The second-order valence-electron chi connectivity index (χ2n) is 2.54. The summed E-state index contributed by atoms with van der Waals surface area (Å²) in [5.41, 5.74) is 11.2. The van der Waals surface area contributed by atoms with Gasteiger partial charge in [-0.15, -0.1) is 0 Å². The molecule has 5 heteroatoms. The smallest absolute Gasteiger partial charge is 0.186 e. The molecule has 0 aliphatic heterocycles. The second-order valence-corrected chi connectivity index (χ2v) is 2.54. The van der Waals surface area contributed by atoms with Crippen molar-refractivity contribution < 1.29 is 5.11 Å². The van der Waals surface area contributed by atoms with E-state index >= 15 is 0 Å². The summed E-state index contributed by atoms with van der Waals surface area (Å²) >= 11 is 0. The zero-order valence-electron chi connectivity index (χ0n) is 7.09. The standard InChI is InChI=1S/C8H12N4O/c9-8(10)12-7(5-13)6-2-1-3-11-4-6/h1-4,7,13H,5H2,(H4,9,10,12). The van der Waals surface area contributed by atoms with Crippen LogP contribution >= 0.6 is 0 Å². The summed E-state index contributed by atoms with van der Waals surface area (Å²) in [6, 6.07) is 3.15. The zero-order valence-corrected chi connectivity index (χ0v) is 7.09. The molecule has 0 fully saturated rings. The maximum atomic E-state index is 8.98. The molecule has 0 aliphatic carbocycles. The third kappa shape index (κ3) is 2.72. The van der Waals surface area contributed by atoms with E-state index in [9.17, 15) is 0 Å². The van der Waals surface area contributed by atoms with Crippen LogP contribution in [-0.4, -0.2) is 22.7 Å². The van der Waals surface area contributed by atoms with Crippen LogP contribution in [0, 0.1) is 0 Å². The molecule has 0 bridgehead atoms. The third-order valence-corrected chi connectivity index (χ3v) is 1.55. The quantitative estimate of drug-likeness (QED) is 0.427. The number of aromatic nitrogens is 1. The molecule has 13 heavy (non-hydrogen) atoms. The van der Waals surface area contributed by atoms with Gasteiger partial charge in [-0.2, -0.15) is 0 Å². The number of nitrogens with zero attached hydrogens (tertiary/aromatic N) is 2. The van der Waals surface area contributed by atoms with Gasteiger partial charge < -0.3 is 16.6 Å². The highest BCUT2D eigenvalue weighted by Crippen LogP contribution is 2.14. The maximum Gasteiger partial charge on any atom is 0.186 e. The Kier molecular flexibility index (Phi) is 3.22. The lowest BCUT2D eigenvalue weighted by molar-refractivity contribution is 0.268. The molecule has 0 radical (unpaired) electrons. The first kappa shape index (κ1) is 9.47. The first-order valence-electron chi connectivity index (χ1n) is 3.83. The number of pyridine rings is 1. The summed E-state index contributed by atoms with van der Waals surface area (Å²) in [6.07, 6.45) is 3.26. The average molecular weight is 180 g/mol. The van der Waals surface area contributed by atoms with Crippen LogP contribution in [0.4, 0.5) is 0 Å². The SMILES string of the molecule is NC(N)=NC(CO)c1cccnc1. The Morgan fingerprint density at radius 3 is 2.85 bits per heavy atom. The largest absolute Gasteiger partial charge is 0.394 e. The van der Waals surface area contributed by atoms with Gasteiger partial charge in [0.1, 0.15) is 6.04 Å². The molecular weight excluding hydrogens is 168 g/mol. The third-order valence-electron chi connectivity index (χ3n) is 1.55. The van der Waals surface area contributed by atoms with Crippen molar-refractivity contribution >= 4 is 5.96 Å². The number of hydrogen-bond donors (Lipinski definition) is 3. The lowest BCUT2D eigenvalue weighted by Gasteiger charge is -2.08. The molecule has 0 aromatic carbocycles. The van der Waals surface area contributed by atoms with E-state index in [1.807, 2.05) is 0 Å². The Morgan fingerprint density at radius 1 is 1.62 bits per heavy atom. The number of aliphatic hydroxyl groups excluding tert-OH is 1. The molecule has 1 unspecified atom stereocenters. The Balaban J connectivity index is 2.85. The van der Waals surface area contributed by atoms with Crippen LogP contribution < -0.4 is 11.5 Å². The van der Waals surface area contributed by atoms with Crippen molar-refractivity contribution in [2.45, 2.75) is 6.04 Å². The molecule has 1 atom stereocenters. The number of rotatable bonds is 3. The van der Waals surface area contributed by atoms with Crippen LogP contribution in [-0.2, 0) is 0 Å². The van der Waals surface area contributed by atoms with Crippen molar-refractivity contribution in [3.8, 4) is 0 Å². The van der Waals surface area contributed by atoms with E-state index in [2.05, 4.69) is 9.98 Å². The number of guanidine groups is 1. The summed E-state index contributed by atoms with van der Waals surface area (Å²) in [6.45, 7) is -0.135. The van der Waals surface area contributed by atoms with Crippen LogP contribution in [0.5, 0.6) is 0 Å². The van der Waals surface area contributed by atoms with Crippen LogP contribution in [0.15, 0.2) is 29.5 Å². The van der Waals surface area contributed by atoms with E-state index in [0.717, 1.165) is 5.56 Å². The van der Waals surface area contributed by atoms with Gasteiger partial charge in [-0.1, -0.05) is 6.07 Å². The summed E-state index contributed by atoms with van der Waals surface area (Å²) < 4.78 is 0. The Bertz CT molecular complexity index is 281. The number of nitrogens with two attached hydrogens (primary N) is 2. The molecule has 70 valence electrons. The molecule has 1 rings (SSSR count). The van der Waals surface area contributed by atoms with Crippen molar-refractivity contribution in [1.82, 2.24) is 4.98 Å². The minimum absolute atomic E-state index is 0.0390. The van der Waals surface area contributed by atoms with Crippen molar-refractivity contribution in [3.05, 3.63) is 30.1 Å². The van der Waals surface area contributed by atoms with Gasteiger partial charge in [0.25, 0.3) is 0 Å². The van der Waals surface area contributed by atoms with Gasteiger partial charge in [0.05, 0.1) is 6.61 Å². The van der Waals surface area contributed by atoms with Gasteiger partial charge in [-0.3, -0.25) is 4.98 Å². The van der Waals surface area contributed by atoms with Gasteiger partial charge >= 0.3 is 0 Å². The number of aliphatic hydroxyl groups is 1. The van der Waals surface area contributed by atoms with Gasteiger partial charge in [-0.25, -0.2) is 4.99 Å². The minimum Gasteiger partial charge on any atom is -0.394 e. The van der Waals surface area contributed by atoms with Crippen LogP contribution in [0.3, 0.4) is 0 Å². The Morgan fingerprint density at radius 2 is 2.38 bits per heavy atom. The van der Waals surface area contributed by atoms with E-state index in [1.54, 1.807) is 24.5 Å². The van der Waals surface area contributed by atoms with E-state index in [0.29, 0.717) is 0 Å². The number of aliphatic imine (C=N–C) groups is 1. The molecule has 0 amide bonds. The average Bonchev–Trinajstić information content (AvgIpc) is 2.15. The van der Waals surface area contributed by atoms with E-state index in [4.69, 9.17) is 16.6 Å². The molecule has 0 spiro atoms. The second kappa shape index (κ2) is 4.42. The molecule has 0 saturated carbocycles. The monoisotopic (exact) mass is 180 g/mol. The highest BCUT2D eigenvalue weighted by atomic mass is 16.3. The molecule has 0 aliphatic rings. The molecule has 5 nitrogen and oxygen atoms in total. The van der Waals surface area contributed by atoms with Crippen molar-refractivity contribution in [2.24, 2.45) is 16.5 Å². The predicted molar refractivity (Wildman–Crippen MR) is 49.9 cm³/mol. The van der Waals surface area contributed by atoms with Gasteiger partial charge in [0.15, 0.2) is 5.96 Å². The molecule has 5 N–H and O–H groups in total. The first-order valence-corrected chi connectivity index (χ1v) is 3.83. The fourth-order valence-electron chi connectivity index (χ4n) is 0.974. The fraction of sp³-hybridized carbons (Fsp3) is 0.250. The van der Waals surface area contributed by atoms with Crippen molar-refractivity contribution in [3.63, 3.8) is 0 Å². The molecule has 0 saturated heterocycles. The molecular formula is C8H12N4O. The highest BCUT2D eigenvalue weighted by Gasteiger charge is 2.07. The normalized spacial score (nSPS) is 12.1. The molecule has 1 aromatic rings. The summed E-state index contributed by atoms with van der Waals surface area (Å²) in [7, 11) is 0. The predicted octanol–water partition coefficient (Wildman–Crippen LogP) is -0.612. The molecule has 1 aromatic heterocycles. The van der Waals surface area contributed by atoms with E-state index in [-0.39, 0.29) is 12.6 Å². The van der Waals surface area contributed by atoms with Gasteiger partial charge in [-0.05, 0) is 11.6 Å². The highest BCUT2D eigenvalue weighted by molar-refractivity contribution is 5.76. The number of hydrogen-bond acceptors (Lipinski definition) is 3. The van der Waals surface area contributed by atoms with Crippen LogP contribution in [0.25, 0.3) is 0 Å². The summed E-state index contributed by atoms with van der Waals surface area (Å²) in [5, 5.41) is 8.98. The molecule has 1 heterocycles.